The van der Waals surface area contributed by atoms with Gasteiger partial charge in [-0.05, 0) is 12.1 Å². The maximum absolute atomic E-state index is 13.7. The molecule has 138 valence electrons. The van der Waals surface area contributed by atoms with Gasteiger partial charge in [-0.25, -0.2) is 8.78 Å². The second-order valence-corrected chi connectivity index (χ2v) is 6.17. The van der Waals surface area contributed by atoms with E-state index in [9.17, 15) is 28.0 Å². The van der Waals surface area contributed by atoms with Gasteiger partial charge in [-0.15, -0.1) is 0 Å². The van der Waals surface area contributed by atoms with Gasteiger partial charge < -0.3 is 9.80 Å². The van der Waals surface area contributed by atoms with E-state index in [4.69, 9.17) is 0 Å². The number of hydrogen-bond donors (Lipinski definition) is 0. The van der Waals surface area contributed by atoms with E-state index in [0.29, 0.717) is 6.07 Å². The average molecular weight is 365 g/mol. The van der Waals surface area contributed by atoms with E-state index in [-0.39, 0.29) is 68.9 Å². The van der Waals surface area contributed by atoms with E-state index in [0.717, 1.165) is 17.0 Å². The first-order valence-electron chi connectivity index (χ1n) is 8.22. The summed E-state index contributed by atoms with van der Waals surface area (Å²) in [7, 11) is 0. The molecule has 0 saturated carbocycles. The number of likely N-dealkylation sites (tertiary alicyclic amines) is 1. The smallest absolute Gasteiger partial charge is 0.256 e. The van der Waals surface area contributed by atoms with Crippen molar-refractivity contribution in [3.05, 3.63) is 35.4 Å². The first-order valence-corrected chi connectivity index (χ1v) is 8.22. The number of hydrogen-bond acceptors (Lipinski definition) is 4. The van der Waals surface area contributed by atoms with Crippen molar-refractivity contribution in [2.45, 2.75) is 12.8 Å². The van der Waals surface area contributed by atoms with Crippen LogP contribution in [0.15, 0.2) is 18.2 Å². The summed E-state index contributed by atoms with van der Waals surface area (Å²) in [6, 6.07) is 2.76. The Labute approximate surface area is 148 Å². The van der Waals surface area contributed by atoms with Gasteiger partial charge in [-0.1, -0.05) is 0 Å². The van der Waals surface area contributed by atoms with Crippen LogP contribution in [0.4, 0.5) is 8.78 Å². The zero-order valence-corrected chi connectivity index (χ0v) is 13.9. The molecule has 2 saturated heterocycles. The normalized spacial score (nSPS) is 17.8. The summed E-state index contributed by atoms with van der Waals surface area (Å²) in [6.07, 6.45) is 0.245. The number of carbonyl (C=O) groups excluding carboxylic acids is 4. The van der Waals surface area contributed by atoms with Crippen molar-refractivity contribution >= 4 is 23.6 Å². The maximum atomic E-state index is 13.7. The Hall–Kier alpha value is -2.84. The SMILES string of the molecule is O=C(CN1C(=O)CCC1=O)N1CCN(C(=O)c2ccc(F)cc2F)CC1. The molecule has 7 nitrogen and oxygen atoms in total. The van der Waals surface area contributed by atoms with Crippen molar-refractivity contribution in [2.24, 2.45) is 0 Å². The van der Waals surface area contributed by atoms with Gasteiger partial charge >= 0.3 is 0 Å². The maximum Gasteiger partial charge on any atom is 0.256 e. The predicted octanol–water partition coefficient (Wildman–Crippen LogP) is 0.398. The predicted molar refractivity (Wildman–Crippen MR) is 84.8 cm³/mol. The molecule has 0 spiro atoms. The molecule has 2 aliphatic heterocycles. The number of benzene rings is 1. The molecule has 0 N–H and O–H groups in total. The summed E-state index contributed by atoms with van der Waals surface area (Å²) in [4.78, 5) is 51.5. The first-order chi connectivity index (χ1) is 12.4. The summed E-state index contributed by atoms with van der Waals surface area (Å²) in [5, 5.41) is 0. The van der Waals surface area contributed by atoms with E-state index in [1.54, 1.807) is 0 Å². The molecular formula is C17H17F2N3O4. The molecular weight excluding hydrogens is 348 g/mol. The van der Waals surface area contributed by atoms with Gasteiger partial charge in [-0.2, -0.15) is 0 Å². The zero-order valence-electron chi connectivity index (χ0n) is 13.9. The fourth-order valence-corrected chi connectivity index (χ4v) is 3.03. The number of nitrogens with zero attached hydrogens (tertiary/aromatic N) is 3. The molecule has 0 unspecified atom stereocenters. The molecule has 1 aromatic rings. The molecule has 26 heavy (non-hydrogen) atoms. The molecule has 0 bridgehead atoms. The van der Waals surface area contributed by atoms with Crippen molar-refractivity contribution in [1.29, 1.82) is 0 Å². The standard InChI is InChI=1S/C17H17F2N3O4/c18-11-1-2-12(13(19)9-11)17(26)21-7-5-20(6-8-21)16(25)10-22-14(23)3-4-15(22)24/h1-2,9H,3-8,10H2. The molecule has 9 heteroatoms. The van der Waals surface area contributed by atoms with Crippen LogP contribution in [0.1, 0.15) is 23.2 Å². The lowest BCUT2D eigenvalue weighted by Crippen LogP contribution is -2.53. The number of amides is 4. The molecule has 3 rings (SSSR count). The summed E-state index contributed by atoms with van der Waals surface area (Å²) >= 11 is 0. The Bertz CT molecular complexity index is 759. The van der Waals surface area contributed by atoms with Gasteiger partial charge in [0.25, 0.3) is 5.91 Å². The van der Waals surface area contributed by atoms with Crippen molar-refractivity contribution in [1.82, 2.24) is 14.7 Å². The van der Waals surface area contributed by atoms with Crippen LogP contribution in [0, 0.1) is 11.6 Å². The zero-order chi connectivity index (χ0) is 18.8. The van der Waals surface area contributed by atoms with Gasteiger partial charge in [0.2, 0.25) is 17.7 Å². The van der Waals surface area contributed by atoms with Gasteiger partial charge in [0.05, 0.1) is 5.56 Å². The van der Waals surface area contributed by atoms with Crippen molar-refractivity contribution in [2.75, 3.05) is 32.7 Å². The number of carbonyl (C=O) groups is 4. The van der Waals surface area contributed by atoms with Crippen LogP contribution in [0.5, 0.6) is 0 Å². The van der Waals surface area contributed by atoms with E-state index in [1.165, 1.54) is 9.80 Å². The van der Waals surface area contributed by atoms with E-state index < -0.39 is 17.5 Å². The van der Waals surface area contributed by atoms with Crippen LogP contribution in [0.2, 0.25) is 0 Å². The lowest BCUT2D eigenvalue weighted by Gasteiger charge is -2.35. The summed E-state index contributed by atoms with van der Waals surface area (Å²) < 4.78 is 26.7. The monoisotopic (exact) mass is 365 g/mol. The average Bonchev–Trinajstić information content (AvgIpc) is 2.93. The molecule has 2 aliphatic rings. The van der Waals surface area contributed by atoms with Crippen LogP contribution in [0.3, 0.4) is 0 Å². The van der Waals surface area contributed by atoms with Crippen molar-refractivity contribution in [3.8, 4) is 0 Å². The van der Waals surface area contributed by atoms with Crippen LogP contribution < -0.4 is 0 Å². The molecule has 0 aromatic heterocycles. The summed E-state index contributed by atoms with van der Waals surface area (Å²) in [5.41, 5.74) is -0.223. The van der Waals surface area contributed by atoms with E-state index >= 15 is 0 Å². The van der Waals surface area contributed by atoms with Crippen LogP contribution >= 0.6 is 0 Å². The van der Waals surface area contributed by atoms with E-state index in [1.807, 2.05) is 0 Å². The van der Waals surface area contributed by atoms with Crippen LogP contribution in [-0.4, -0.2) is 71.1 Å². The number of rotatable bonds is 3. The van der Waals surface area contributed by atoms with E-state index in [2.05, 4.69) is 0 Å². The third-order valence-corrected chi connectivity index (χ3v) is 4.53. The highest BCUT2D eigenvalue weighted by atomic mass is 19.1. The van der Waals surface area contributed by atoms with Gasteiger partial charge in [-0.3, -0.25) is 24.1 Å². The fraction of sp³-hybridized carbons (Fsp3) is 0.412. The number of imide groups is 1. The first kappa shape index (κ1) is 18.0. The molecule has 4 amide bonds. The Morgan fingerprint density at radius 2 is 1.50 bits per heavy atom. The Morgan fingerprint density at radius 1 is 0.923 bits per heavy atom. The molecule has 1 aromatic carbocycles. The lowest BCUT2D eigenvalue weighted by molar-refractivity contribution is -0.146. The highest BCUT2D eigenvalue weighted by molar-refractivity contribution is 6.04. The van der Waals surface area contributed by atoms with Gasteiger partial charge in [0.1, 0.15) is 18.2 Å². The van der Waals surface area contributed by atoms with Crippen molar-refractivity contribution < 1.29 is 28.0 Å². The lowest BCUT2D eigenvalue weighted by atomic mass is 10.1. The summed E-state index contributed by atoms with van der Waals surface area (Å²) in [5.74, 6) is -3.35. The minimum atomic E-state index is -0.931. The van der Waals surface area contributed by atoms with Crippen LogP contribution in [0.25, 0.3) is 0 Å². The highest BCUT2D eigenvalue weighted by Gasteiger charge is 2.33. The molecule has 0 aliphatic carbocycles. The van der Waals surface area contributed by atoms with Gasteiger partial charge in [0, 0.05) is 45.1 Å². The third kappa shape index (κ3) is 3.56. The molecule has 0 atom stereocenters. The van der Waals surface area contributed by atoms with Crippen LogP contribution in [-0.2, 0) is 14.4 Å². The third-order valence-electron chi connectivity index (χ3n) is 4.53. The second kappa shape index (κ2) is 7.19. The van der Waals surface area contributed by atoms with Crippen molar-refractivity contribution in [3.63, 3.8) is 0 Å². The summed E-state index contributed by atoms with van der Waals surface area (Å²) in [6.45, 7) is 0.498. The minimum absolute atomic E-state index is 0.123. The Kier molecular flexibility index (Phi) is 4.97. The minimum Gasteiger partial charge on any atom is -0.338 e. The Balaban J connectivity index is 1.57. The second-order valence-electron chi connectivity index (χ2n) is 6.17. The highest BCUT2D eigenvalue weighted by Crippen LogP contribution is 2.15. The Morgan fingerprint density at radius 3 is 2.08 bits per heavy atom. The fourth-order valence-electron chi connectivity index (χ4n) is 3.03. The quantitative estimate of drug-likeness (QED) is 0.727. The molecule has 2 fully saturated rings. The topological polar surface area (TPSA) is 78.0 Å². The molecule has 0 radical (unpaired) electrons. The largest absolute Gasteiger partial charge is 0.338 e. The molecule has 2 heterocycles. The van der Waals surface area contributed by atoms with Gasteiger partial charge in [0.15, 0.2) is 0 Å². The number of halogens is 2. The number of piperazine rings is 1.